The van der Waals surface area contributed by atoms with Crippen LogP contribution >= 0.6 is 0 Å². The van der Waals surface area contributed by atoms with Crippen molar-refractivity contribution in [1.29, 1.82) is 0 Å². The van der Waals surface area contributed by atoms with Gasteiger partial charge in [0.15, 0.2) is 0 Å². The maximum atomic E-state index is 12.7. The van der Waals surface area contributed by atoms with E-state index in [0.717, 1.165) is 12.8 Å². The molecule has 4 rings (SSSR count). The highest BCUT2D eigenvalue weighted by molar-refractivity contribution is 6.04. The minimum Gasteiger partial charge on any atom is -0.390 e. The van der Waals surface area contributed by atoms with Crippen molar-refractivity contribution >= 4 is 17.8 Å². The van der Waals surface area contributed by atoms with Gasteiger partial charge >= 0.3 is 5.69 Å². The van der Waals surface area contributed by atoms with Gasteiger partial charge in [-0.05, 0) is 37.3 Å². The van der Waals surface area contributed by atoms with Crippen LogP contribution in [-0.2, 0) is 4.74 Å². The van der Waals surface area contributed by atoms with Crippen LogP contribution in [0.1, 0.15) is 54.8 Å². The fourth-order valence-corrected chi connectivity index (χ4v) is 3.46. The van der Waals surface area contributed by atoms with Gasteiger partial charge in [-0.15, -0.1) is 0 Å². The number of ether oxygens (including phenoxy) is 1. The first-order valence-corrected chi connectivity index (χ1v) is 10.1. The van der Waals surface area contributed by atoms with Crippen LogP contribution in [0.15, 0.2) is 47.4 Å². The lowest BCUT2D eigenvalue weighted by molar-refractivity contribution is -0.0217. The van der Waals surface area contributed by atoms with Crippen molar-refractivity contribution in [1.82, 2.24) is 9.55 Å². The fourth-order valence-electron chi connectivity index (χ4n) is 3.46. The van der Waals surface area contributed by atoms with E-state index in [9.17, 15) is 14.7 Å². The van der Waals surface area contributed by atoms with Gasteiger partial charge in [-0.1, -0.05) is 37.3 Å². The van der Waals surface area contributed by atoms with E-state index >= 15 is 0 Å². The highest BCUT2D eigenvalue weighted by atomic mass is 16.5. The number of carbonyl (C=O) groups is 1. The Bertz CT molecular complexity index is 966. The van der Waals surface area contributed by atoms with Crippen molar-refractivity contribution in [2.45, 2.75) is 51.0 Å². The highest BCUT2D eigenvalue weighted by Crippen LogP contribution is 2.32. The maximum Gasteiger partial charge on any atom is 0.351 e. The van der Waals surface area contributed by atoms with E-state index in [1.807, 2.05) is 19.1 Å². The molecule has 2 N–H and O–H groups in total. The van der Waals surface area contributed by atoms with Crippen molar-refractivity contribution in [3.63, 3.8) is 0 Å². The van der Waals surface area contributed by atoms with Gasteiger partial charge in [0.1, 0.15) is 12.0 Å². The number of rotatable bonds is 6. The molecule has 1 aliphatic heterocycles. The number of allylic oxidation sites excluding steroid dienone is 1. The van der Waals surface area contributed by atoms with Crippen LogP contribution in [-0.4, -0.2) is 32.8 Å². The number of carbonyl (C=O) groups excluding carboxylic acids is 1. The van der Waals surface area contributed by atoms with E-state index in [4.69, 9.17) is 4.74 Å². The summed E-state index contributed by atoms with van der Waals surface area (Å²) >= 11 is 0. The summed E-state index contributed by atoms with van der Waals surface area (Å²) in [6.07, 6.45) is 7.44. The molecular weight excluding hydrogens is 370 g/mol. The van der Waals surface area contributed by atoms with Gasteiger partial charge in [0.05, 0.1) is 12.2 Å². The number of benzene rings is 1. The number of anilines is 1. The van der Waals surface area contributed by atoms with Crippen LogP contribution in [0.2, 0.25) is 0 Å². The number of hydrogen-bond donors (Lipinski definition) is 2. The Hall–Kier alpha value is -2.77. The Morgan fingerprint density at radius 2 is 2.10 bits per heavy atom. The molecule has 2 aliphatic rings. The lowest BCUT2D eigenvalue weighted by Crippen LogP contribution is -2.29. The number of aromatic nitrogens is 2. The van der Waals surface area contributed by atoms with E-state index < -0.39 is 18.0 Å². The Labute approximate surface area is 169 Å². The molecule has 1 aromatic carbocycles. The summed E-state index contributed by atoms with van der Waals surface area (Å²) in [5, 5.41) is 12.9. The van der Waals surface area contributed by atoms with Gasteiger partial charge in [0.2, 0.25) is 0 Å². The van der Waals surface area contributed by atoms with Gasteiger partial charge < -0.3 is 15.2 Å². The molecule has 152 valence electrons. The first-order valence-electron chi connectivity index (χ1n) is 10.1. The second kappa shape index (κ2) is 8.31. The molecule has 0 bridgehead atoms. The second-order valence-corrected chi connectivity index (χ2v) is 7.59. The largest absolute Gasteiger partial charge is 0.390 e. The summed E-state index contributed by atoms with van der Waals surface area (Å²) in [5.41, 5.74) is 0.605. The van der Waals surface area contributed by atoms with Crippen molar-refractivity contribution in [3.05, 3.63) is 64.2 Å². The fraction of sp³-hybridized carbons (Fsp3) is 0.409. The zero-order valence-electron chi connectivity index (χ0n) is 16.3. The van der Waals surface area contributed by atoms with Gasteiger partial charge in [-0.2, -0.15) is 4.98 Å². The molecule has 1 amide bonds. The van der Waals surface area contributed by atoms with Gasteiger partial charge in [-0.3, -0.25) is 9.36 Å². The summed E-state index contributed by atoms with van der Waals surface area (Å²) in [6, 6.07) is 8.80. The summed E-state index contributed by atoms with van der Waals surface area (Å²) in [7, 11) is 0. The van der Waals surface area contributed by atoms with Crippen LogP contribution < -0.4 is 11.0 Å². The first kappa shape index (κ1) is 19.5. The molecule has 1 aliphatic carbocycles. The number of nitrogens with one attached hydrogen (secondary N) is 1. The Kier molecular flexibility index (Phi) is 5.60. The van der Waals surface area contributed by atoms with Gasteiger partial charge in [0, 0.05) is 23.7 Å². The third-order valence-corrected chi connectivity index (χ3v) is 5.33. The number of aliphatic hydroxyl groups is 1. The van der Waals surface area contributed by atoms with Crippen molar-refractivity contribution in [2.24, 2.45) is 5.92 Å². The van der Waals surface area contributed by atoms with Crippen LogP contribution in [0.3, 0.4) is 0 Å². The van der Waals surface area contributed by atoms with E-state index in [0.29, 0.717) is 29.9 Å². The normalized spacial score (nSPS) is 24.1. The third kappa shape index (κ3) is 4.46. The van der Waals surface area contributed by atoms with E-state index in [1.54, 1.807) is 30.5 Å². The topological polar surface area (TPSA) is 93.5 Å². The molecule has 7 heteroatoms. The molecule has 0 radical (unpaired) electrons. The Morgan fingerprint density at radius 1 is 1.34 bits per heavy atom. The number of aliphatic hydroxyl groups excluding tert-OH is 1. The van der Waals surface area contributed by atoms with E-state index in [-0.39, 0.29) is 17.8 Å². The van der Waals surface area contributed by atoms with Crippen molar-refractivity contribution in [2.75, 3.05) is 5.32 Å². The van der Waals surface area contributed by atoms with E-state index in [2.05, 4.69) is 16.4 Å². The van der Waals surface area contributed by atoms with Crippen LogP contribution in [0.4, 0.5) is 5.82 Å². The summed E-state index contributed by atoms with van der Waals surface area (Å²) < 4.78 is 7.24. The Morgan fingerprint density at radius 3 is 2.76 bits per heavy atom. The number of amides is 1. The first-order chi connectivity index (χ1) is 14.0. The maximum absolute atomic E-state index is 12.7. The van der Waals surface area contributed by atoms with Crippen LogP contribution in [0, 0.1) is 5.92 Å². The molecule has 2 fully saturated rings. The smallest absolute Gasteiger partial charge is 0.351 e. The predicted octanol–water partition coefficient (Wildman–Crippen LogP) is 2.98. The average Bonchev–Trinajstić information content (AvgIpc) is 3.48. The van der Waals surface area contributed by atoms with Gasteiger partial charge in [0.25, 0.3) is 5.91 Å². The highest BCUT2D eigenvalue weighted by Gasteiger charge is 2.34. The van der Waals surface area contributed by atoms with Gasteiger partial charge in [-0.25, -0.2) is 4.79 Å². The summed E-state index contributed by atoms with van der Waals surface area (Å²) in [6.45, 7) is 1.93. The molecule has 2 aromatic rings. The molecule has 1 saturated heterocycles. The molecule has 1 unspecified atom stereocenters. The summed E-state index contributed by atoms with van der Waals surface area (Å²) in [5.74, 6) is 0.430. The zero-order valence-corrected chi connectivity index (χ0v) is 16.3. The molecule has 29 heavy (non-hydrogen) atoms. The molecule has 2 heterocycles. The average molecular weight is 395 g/mol. The minimum absolute atomic E-state index is 0.225. The lowest BCUT2D eigenvalue weighted by Gasteiger charge is -2.17. The molecule has 3 atom stereocenters. The number of hydrogen-bond acceptors (Lipinski definition) is 5. The monoisotopic (exact) mass is 395 g/mol. The predicted molar refractivity (Wildman–Crippen MR) is 109 cm³/mol. The molecule has 1 aromatic heterocycles. The molecule has 1 saturated carbocycles. The van der Waals surface area contributed by atoms with Crippen molar-refractivity contribution in [3.8, 4) is 0 Å². The quantitative estimate of drug-likeness (QED) is 0.784. The SMILES string of the molecule is CC[C@H]1O[C@@H](n2cc(/C=C/C3CC3)c(NC(=O)c3ccccc3)nc2=O)CC1O. The van der Waals surface area contributed by atoms with E-state index in [1.165, 1.54) is 4.57 Å². The zero-order chi connectivity index (χ0) is 20.4. The minimum atomic E-state index is -0.611. The van der Waals surface area contributed by atoms with Crippen LogP contribution in [0.25, 0.3) is 6.08 Å². The standard InChI is InChI=1S/C22H25N3O4/c1-2-18-17(26)12-19(29-18)25-13-16(11-10-14-8-9-14)20(24-22(25)28)23-21(27)15-6-4-3-5-7-15/h3-7,10-11,13-14,17-19,26H,2,8-9,12H2,1H3,(H,23,24,27,28)/b11-10+/t17?,18-,19-/m1/s1. The molecule has 0 spiro atoms. The van der Waals surface area contributed by atoms with Crippen molar-refractivity contribution < 1.29 is 14.6 Å². The lowest BCUT2D eigenvalue weighted by atomic mass is 10.1. The third-order valence-electron chi connectivity index (χ3n) is 5.33. The summed E-state index contributed by atoms with van der Waals surface area (Å²) in [4.78, 5) is 29.3. The van der Waals surface area contributed by atoms with Crippen LogP contribution in [0.5, 0.6) is 0 Å². The molecular formula is C22H25N3O4. The second-order valence-electron chi connectivity index (χ2n) is 7.59. The molecule has 7 nitrogen and oxygen atoms in total. The number of nitrogens with zero attached hydrogens (tertiary/aromatic N) is 2. The Balaban J connectivity index is 1.65.